The van der Waals surface area contributed by atoms with Gasteiger partial charge in [0.25, 0.3) is 0 Å². The SMILES string of the molecule is C=C(O[Si](C)(C)C)[C@H](Cc1ccccc1)N(C(=O)OC(C)(C)C)[Si](C)(C)C. The molecule has 6 heteroatoms. The highest BCUT2D eigenvalue weighted by atomic mass is 28.4. The van der Waals surface area contributed by atoms with Gasteiger partial charge in [-0.15, -0.1) is 0 Å². The van der Waals surface area contributed by atoms with Crippen LogP contribution in [0.4, 0.5) is 4.79 Å². The van der Waals surface area contributed by atoms with Gasteiger partial charge in [0, 0.05) is 0 Å². The van der Waals surface area contributed by atoms with Crippen LogP contribution in [0.15, 0.2) is 42.7 Å². The van der Waals surface area contributed by atoms with Gasteiger partial charge >= 0.3 is 6.09 Å². The Labute approximate surface area is 167 Å². The molecule has 1 aromatic rings. The number of rotatable bonds is 7. The number of amides is 1. The molecule has 1 rings (SSSR count). The molecule has 152 valence electrons. The van der Waals surface area contributed by atoms with Crippen molar-refractivity contribution in [1.29, 1.82) is 0 Å². The second-order valence-electron chi connectivity index (χ2n) is 9.91. The van der Waals surface area contributed by atoms with Crippen LogP contribution in [-0.2, 0) is 15.6 Å². The summed E-state index contributed by atoms with van der Waals surface area (Å²) in [6.07, 6.45) is 0.371. The van der Waals surface area contributed by atoms with Crippen molar-refractivity contribution in [3.05, 3.63) is 48.2 Å². The molecule has 0 spiro atoms. The molecule has 0 saturated heterocycles. The minimum absolute atomic E-state index is 0.249. The Hall–Kier alpha value is -1.54. The van der Waals surface area contributed by atoms with Crippen molar-refractivity contribution in [2.75, 3.05) is 0 Å². The van der Waals surface area contributed by atoms with E-state index in [9.17, 15) is 4.79 Å². The van der Waals surface area contributed by atoms with Crippen molar-refractivity contribution in [2.45, 2.75) is 78.1 Å². The van der Waals surface area contributed by atoms with Gasteiger partial charge in [0.15, 0.2) is 8.24 Å². The molecule has 0 saturated carbocycles. The van der Waals surface area contributed by atoms with Crippen LogP contribution in [0.3, 0.4) is 0 Å². The van der Waals surface area contributed by atoms with Gasteiger partial charge in [0.1, 0.15) is 5.60 Å². The third-order valence-corrected chi connectivity index (χ3v) is 6.52. The van der Waals surface area contributed by atoms with Crippen molar-refractivity contribution < 1.29 is 14.0 Å². The number of hydrogen-bond acceptors (Lipinski definition) is 3. The average molecular weight is 408 g/mol. The van der Waals surface area contributed by atoms with Gasteiger partial charge in [-0.05, 0) is 52.4 Å². The van der Waals surface area contributed by atoms with Crippen LogP contribution in [0.1, 0.15) is 26.3 Å². The predicted molar refractivity (Wildman–Crippen MR) is 119 cm³/mol. The summed E-state index contributed by atoms with van der Waals surface area (Å²) in [6.45, 7) is 22.8. The van der Waals surface area contributed by atoms with Crippen LogP contribution in [0.2, 0.25) is 39.3 Å². The lowest BCUT2D eigenvalue weighted by Gasteiger charge is -2.43. The van der Waals surface area contributed by atoms with Crippen molar-refractivity contribution in [1.82, 2.24) is 4.57 Å². The maximum atomic E-state index is 13.2. The Morgan fingerprint density at radius 3 is 2.00 bits per heavy atom. The number of carbonyl (C=O) groups is 1. The predicted octanol–water partition coefficient (Wildman–Crippen LogP) is 6.03. The highest BCUT2D eigenvalue weighted by Crippen LogP contribution is 2.27. The van der Waals surface area contributed by atoms with Crippen molar-refractivity contribution >= 4 is 22.6 Å². The molecule has 0 aliphatic carbocycles. The van der Waals surface area contributed by atoms with Crippen LogP contribution < -0.4 is 0 Å². The van der Waals surface area contributed by atoms with Crippen LogP contribution in [-0.4, -0.2) is 38.9 Å². The molecule has 0 unspecified atom stereocenters. The molecule has 0 N–H and O–H groups in total. The maximum Gasteiger partial charge on any atom is 0.402 e. The Bertz CT molecular complexity index is 640. The fraction of sp³-hybridized carbons (Fsp3) is 0.571. The number of hydrogen-bond donors (Lipinski definition) is 0. The fourth-order valence-corrected chi connectivity index (χ4v) is 5.51. The van der Waals surface area contributed by atoms with E-state index in [-0.39, 0.29) is 12.1 Å². The second kappa shape index (κ2) is 8.65. The largest absolute Gasteiger partial charge is 0.546 e. The highest BCUT2D eigenvalue weighted by Gasteiger charge is 2.40. The summed E-state index contributed by atoms with van der Waals surface area (Å²) >= 11 is 0. The van der Waals surface area contributed by atoms with E-state index >= 15 is 0 Å². The number of nitrogens with zero attached hydrogens (tertiary/aromatic N) is 1. The first kappa shape index (κ1) is 23.5. The average Bonchev–Trinajstić information content (AvgIpc) is 2.42. The molecule has 0 bridgehead atoms. The van der Waals surface area contributed by atoms with E-state index in [0.29, 0.717) is 12.2 Å². The molecule has 0 aliphatic heterocycles. The summed E-state index contributed by atoms with van der Waals surface area (Å²) in [5.74, 6) is 0.659. The molecule has 1 aromatic carbocycles. The van der Waals surface area contributed by atoms with Crippen molar-refractivity contribution in [2.24, 2.45) is 0 Å². The van der Waals surface area contributed by atoms with E-state index in [1.54, 1.807) is 0 Å². The zero-order valence-electron chi connectivity index (χ0n) is 18.6. The van der Waals surface area contributed by atoms with E-state index in [1.165, 1.54) is 0 Å². The van der Waals surface area contributed by atoms with Gasteiger partial charge in [-0.1, -0.05) is 56.6 Å². The van der Waals surface area contributed by atoms with E-state index in [2.05, 4.69) is 58.0 Å². The molecule has 0 radical (unpaired) electrons. The standard InChI is InChI=1S/C21H37NO3Si2/c1-17(25-27(8,9)10)19(16-18-14-12-11-13-15-18)22(26(5,6)7)20(23)24-21(2,3)4/h11-15,19H,1,16H2,2-10H3/t19-/m0/s1. The van der Waals surface area contributed by atoms with E-state index in [0.717, 1.165) is 5.56 Å². The minimum Gasteiger partial charge on any atom is -0.546 e. The number of benzene rings is 1. The number of carbonyl (C=O) groups excluding carboxylic acids is 1. The van der Waals surface area contributed by atoms with Gasteiger partial charge < -0.3 is 13.7 Å². The first-order chi connectivity index (χ1) is 12.1. The highest BCUT2D eigenvalue weighted by molar-refractivity contribution is 6.75. The zero-order chi connectivity index (χ0) is 21.0. The first-order valence-corrected chi connectivity index (χ1v) is 16.4. The minimum atomic E-state index is -2.07. The van der Waals surface area contributed by atoms with Gasteiger partial charge in [0.2, 0.25) is 8.32 Å². The normalized spacial score (nSPS) is 13.7. The molecule has 0 fully saturated rings. The van der Waals surface area contributed by atoms with Crippen molar-refractivity contribution in [3.63, 3.8) is 0 Å². The van der Waals surface area contributed by atoms with Gasteiger partial charge in [-0.25, -0.2) is 4.79 Å². The zero-order valence-corrected chi connectivity index (χ0v) is 20.6. The number of ether oxygens (including phenoxy) is 1. The molecule has 0 aliphatic rings. The molecular weight excluding hydrogens is 370 g/mol. The lowest BCUT2D eigenvalue weighted by atomic mass is 10.1. The summed E-state index contributed by atoms with van der Waals surface area (Å²) < 4.78 is 13.9. The first-order valence-electron chi connectivity index (χ1n) is 9.54. The summed E-state index contributed by atoms with van der Waals surface area (Å²) in [5.41, 5.74) is 0.599. The van der Waals surface area contributed by atoms with Gasteiger partial charge in [0.05, 0.1) is 11.8 Å². The van der Waals surface area contributed by atoms with Crippen molar-refractivity contribution in [3.8, 4) is 0 Å². The van der Waals surface area contributed by atoms with Crippen LogP contribution in [0.5, 0.6) is 0 Å². The second-order valence-corrected chi connectivity index (χ2v) is 19.2. The quantitative estimate of drug-likeness (QED) is 0.409. The molecule has 1 amide bonds. The topological polar surface area (TPSA) is 38.8 Å². The van der Waals surface area contributed by atoms with Crippen LogP contribution in [0.25, 0.3) is 0 Å². The third kappa shape index (κ3) is 8.34. The summed E-state index contributed by atoms with van der Waals surface area (Å²) in [7, 11) is -3.92. The molecule has 1 atom stereocenters. The fourth-order valence-electron chi connectivity index (χ4n) is 2.83. The Morgan fingerprint density at radius 2 is 1.59 bits per heavy atom. The van der Waals surface area contributed by atoms with Gasteiger partial charge in [-0.3, -0.25) is 0 Å². The maximum absolute atomic E-state index is 13.2. The lowest BCUT2D eigenvalue weighted by molar-refractivity contribution is 0.0317. The Kier molecular flexibility index (Phi) is 7.53. The summed E-state index contributed by atoms with van der Waals surface area (Å²) in [5, 5.41) is 0. The van der Waals surface area contributed by atoms with E-state index in [4.69, 9.17) is 9.16 Å². The molecule has 4 nitrogen and oxygen atoms in total. The molecule has 27 heavy (non-hydrogen) atoms. The van der Waals surface area contributed by atoms with E-state index in [1.807, 2.05) is 43.5 Å². The molecule has 0 heterocycles. The Balaban J connectivity index is 3.32. The lowest BCUT2D eigenvalue weighted by Crippen LogP contribution is -2.58. The summed E-state index contributed by atoms with van der Waals surface area (Å²) in [6, 6.07) is 9.93. The molecular formula is C21H37NO3Si2. The third-order valence-electron chi connectivity index (χ3n) is 3.71. The Morgan fingerprint density at radius 1 is 1.07 bits per heavy atom. The van der Waals surface area contributed by atoms with Gasteiger partial charge in [-0.2, -0.15) is 0 Å². The molecule has 0 aromatic heterocycles. The smallest absolute Gasteiger partial charge is 0.402 e. The van der Waals surface area contributed by atoms with Crippen LogP contribution >= 0.6 is 0 Å². The monoisotopic (exact) mass is 407 g/mol. The van der Waals surface area contributed by atoms with E-state index < -0.39 is 22.2 Å². The van der Waals surface area contributed by atoms with Crippen LogP contribution in [0, 0.1) is 0 Å². The summed E-state index contributed by atoms with van der Waals surface area (Å²) in [4.78, 5) is 13.2.